The minimum absolute atomic E-state index is 0.0999. The van der Waals surface area contributed by atoms with Crippen LogP contribution in [-0.2, 0) is 41.1 Å². The number of amides is 6. The van der Waals surface area contributed by atoms with Gasteiger partial charge in [-0.25, -0.2) is 14.0 Å². The standard InChI is InChI=1S/C50H78FN5O8Si/c1-11-34(2)43(46(59)52-41(32-36-20-16-13-17-21-36)45(58)55-47(60)56-26-28-62-29-27-56)54-44(57)38(30-37-22-24-39(51)25-23-37)33-42(64-65(9,10)50(6,7)8)40(31-35-18-14-12-15-19-35)53-48(61)63-49(3,4)5/h13,16-17,20-25,34-35,38,40-43H,11-12,14-15,18-19,26-33H2,1-10H3,(H,52,59)(H,53,61)(H,54,57)(H,55,58,60)/t34-,38?,40?,41?,42?,43-/m0/s1. The van der Waals surface area contributed by atoms with Gasteiger partial charge in [0.2, 0.25) is 11.8 Å². The smallest absolute Gasteiger partial charge is 0.407 e. The summed E-state index contributed by atoms with van der Waals surface area (Å²) in [4.78, 5) is 71.7. The second kappa shape index (κ2) is 24.4. The van der Waals surface area contributed by atoms with Gasteiger partial charge in [-0.15, -0.1) is 0 Å². The van der Waals surface area contributed by atoms with E-state index in [2.05, 4.69) is 55.1 Å². The summed E-state index contributed by atoms with van der Waals surface area (Å²) in [7, 11) is -2.56. The summed E-state index contributed by atoms with van der Waals surface area (Å²) in [5, 5.41) is 11.5. The van der Waals surface area contributed by atoms with Gasteiger partial charge in [0.1, 0.15) is 23.5 Å². The molecular weight excluding hydrogens is 846 g/mol. The molecule has 362 valence electrons. The molecule has 1 saturated heterocycles. The molecule has 0 bridgehead atoms. The number of imide groups is 1. The van der Waals surface area contributed by atoms with Crippen molar-refractivity contribution in [2.24, 2.45) is 17.8 Å². The van der Waals surface area contributed by atoms with Crippen molar-refractivity contribution in [3.05, 3.63) is 71.5 Å². The second-order valence-electron chi connectivity index (χ2n) is 20.7. The number of carbonyl (C=O) groups is 5. The van der Waals surface area contributed by atoms with Crippen molar-refractivity contribution in [3.63, 3.8) is 0 Å². The van der Waals surface area contributed by atoms with Crippen molar-refractivity contribution in [1.29, 1.82) is 0 Å². The summed E-state index contributed by atoms with van der Waals surface area (Å²) in [6.45, 7) is 21.4. The normalized spacial score (nSPS) is 18.0. The Hall–Kier alpha value is -4.34. The van der Waals surface area contributed by atoms with E-state index >= 15 is 4.79 Å². The first-order chi connectivity index (χ1) is 30.5. The molecule has 4 N–H and O–H groups in total. The van der Waals surface area contributed by atoms with E-state index in [0.29, 0.717) is 45.1 Å². The zero-order valence-corrected chi connectivity index (χ0v) is 41.7. The predicted octanol–water partition coefficient (Wildman–Crippen LogP) is 8.46. The lowest BCUT2D eigenvalue weighted by Crippen LogP contribution is -2.59. The number of nitrogens with zero attached hydrogens (tertiary/aromatic N) is 1. The fourth-order valence-corrected chi connectivity index (χ4v) is 9.57. The lowest BCUT2D eigenvalue weighted by atomic mass is 9.81. The van der Waals surface area contributed by atoms with Crippen LogP contribution < -0.4 is 21.3 Å². The molecule has 15 heteroatoms. The van der Waals surface area contributed by atoms with Crippen molar-refractivity contribution in [2.45, 2.75) is 168 Å². The van der Waals surface area contributed by atoms with Gasteiger partial charge < -0.3 is 34.8 Å². The van der Waals surface area contributed by atoms with Gasteiger partial charge in [0.15, 0.2) is 8.32 Å². The molecule has 0 spiro atoms. The molecule has 2 aromatic carbocycles. The van der Waals surface area contributed by atoms with Crippen LogP contribution >= 0.6 is 0 Å². The molecule has 13 nitrogen and oxygen atoms in total. The number of rotatable bonds is 19. The second-order valence-corrected chi connectivity index (χ2v) is 25.4. The van der Waals surface area contributed by atoms with Crippen molar-refractivity contribution >= 4 is 38.2 Å². The Balaban J connectivity index is 1.71. The molecule has 2 fully saturated rings. The molecule has 1 aliphatic heterocycles. The molecule has 4 rings (SSSR count). The molecule has 1 saturated carbocycles. The third kappa shape index (κ3) is 17.4. The van der Waals surface area contributed by atoms with Crippen LogP contribution in [-0.4, -0.2) is 99.2 Å². The number of carbonyl (C=O) groups excluding carboxylic acids is 5. The number of nitrogens with one attached hydrogen (secondary N) is 4. The number of alkyl carbamates (subject to hydrolysis) is 1. The first kappa shape index (κ1) is 53.3. The average Bonchev–Trinajstić information content (AvgIpc) is 3.24. The summed E-state index contributed by atoms with van der Waals surface area (Å²) in [6, 6.07) is 11.9. The SMILES string of the molecule is CC[C@H](C)[C@H](NC(=O)C(Cc1ccc(F)cc1)CC(O[Si](C)(C)C(C)(C)C)C(CC1CCCCC1)NC(=O)OC(C)(C)C)C(=O)NC(Cc1ccccc1)C(=O)NC(=O)N1CCOCC1. The van der Waals surface area contributed by atoms with Crippen LogP contribution in [0.3, 0.4) is 0 Å². The van der Waals surface area contributed by atoms with Gasteiger partial charge in [-0.05, 0) is 93.3 Å². The maximum Gasteiger partial charge on any atom is 0.407 e. The van der Waals surface area contributed by atoms with Crippen LogP contribution in [0.25, 0.3) is 0 Å². The Bertz CT molecular complexity index is 1840. The number of morpholine rings is 1. The fraction of sp³-hybridized carbons (Fsp3) is 0.660. The van der Waals surface area contributed by atoms with Gasteiger partial charge in [-0.1, -0.05) is 116 Å². The number of urea groups is 1. The Labute approximate surface area is 388 Å². The lowest BCUT2D eigenvalue weighted by Gasteiger charge is -2.43. The molecular formula is C50H78FN5O8Si. The molecule has 4 unspecified atom stereocenters. The zero-order chi connectivity index (χ0) is 48.0. The molecule has 1 heterocycles. The van der Waals surface area contributed by atoms with E-state index in [1.807, 2.05) is 65.0 Å². The van der Waals surface area contributed by atoms with E-state index in [1.165, 1.54) is 23.5 Å². The van der Waals surface area contributed by atoms with Crippen molar-refractivity contribution in [2.75, 3.05) is 26.3 Å². The van der Waals surface area contributed by atoms with Gasteiger partial charge in [0, 0.05) is 25.4 Å². The molecule has 65 heavy (non-hydrogen) atoms. The monoisotopic (exact) mass is 924 g/mol. The minimum Gasteiger partial charge on any atom is -0.444 e. The van der Waals surface area contributed by atoms with E-state index < -0.39 is 79.7 Å². The third-order valence-electron chi connectivity index (χ3n) is 13.2. The number of hydrogen-bond acceptors (Lipinski definition) is 8. The van der Waals surface area contributed by atoms with Gasteiger partial charge >= 0.3 is 12.1 Å². The Morgan fingerprint density at radius 2 is 1.43 bits per heavy atom. The highest BCUT2D eigenvalue weighted by molar-refractivity contribution is 6.74. The van der Waals surface area contributed by atoms with Crippen LogP contribution in [0.15, 0.2) is 54.6 Å². The van der Waals surface area contributed by atoms with Gasteiger partial charge in [0.25, 0.3) is 5.91 Å². The largest absolute Gasteiger partial charge is 0.444 e. The summed E-state index contributed by atoms with van der Waals surface area (Å²) >= 11 is 0. The molecule has 2 aromatic rings. The molecule has 6 atom stereocenters. The molecule has 0 radical (unpaired) electrons. The van der Waals surface area contributed by atoms with Crippen molar-refractivity contribution < 1.29 is 42.3 Å². The minimum atomic E-state index is -2.56. The number of halogens is 1. The van der Waals surface area contributed by atoms with E-state index in [4.69, 9.17) is 13.9 Å². The van der Waals surface area contributed by atoms with Crippen LogP contribution in [0.4, 0.5) is 14.0 Å². The summed E-state index contributed by atoms with van der Waals surface area (Å²) in [6.07, 6.45) is 5.87. The van der Waals surface area contributed by atoms with Gasteiger partial charge in [0.05, 0.1) is 25.4 Å². The van der Waals surface area contributed by atoms with Crippen molar-refractivity contribution in [1.82, 2.24) is 26.2 Å². The van der Waals surface area contributed by atoms with Gasteiger partial charge in [-0.3, -0.25) is 19.7 Å². The highest BCUT2D eigenvalue weighted by Gasteiger charge is 2.44. The maximum absolute atomic E-state index is 15.0. The number of hydrogen-bond donors (Lipinski definition) is 4. The Kier molecular flexibility index (Phi) is 20.0. The number of benzene rings is 2. The summed E-state index contributed by atoms with van der Waals surface area (Å²) in [5.74, 6) is -2.89. The molecule has 2 aliphatic rings. The van der Waals surface area contributed by atoms with Crippen LogP contribution in [0, 0.1) is 23.6 Å². The summed E-state index contributed by atoms with van der Waals surface area (Å²) < 4.78 is 32.7. The third-order valence-corrected chi connectivity index (χ3v) is 17.7. The predicted molar refractivity (Wildman–Crippen MR) is 254 cm³/mol. The quantitative estimate of drug-likeness (QED) is 0.102. The highest BCUT2D eigenvalue weighted by Crippen LogP contribution is 2.40. The Morgan fingerprint density at radius 3 is 2.02 bits per heavy atom. The molecule has 6 amide bonds. The first-order valence-electron chi connectivity index (χ1n) is 23.8. The van der Waals surface area contributed by atoms with E-state index in [9.17, 15) is 23.6 Å². The molecule has 0 aromatic heterocycles. The summed E-state index contributed by atoms with van der Waals surface area (Å²) in [5.41, 5.74) is 0.742. The fourth-order valence-electron chi connectivity index (χ4n) is 8.19. The Morgan fingerprint density at radius 1 is 0.815 bits per heavy atom. The molecule has 1 aliphatic carbocycles. The lowest BCUT2D eigenvalue weighted by molar-refractivity contribution is -0.134. The van der Waals surface area contributed by atoms with E-state index in [0.717, 1.165) is 36.8 Å². The maximum atomic E-state index is 15.0. The number of ether oxygens (including phenoxy) is 2. The zero-order valence-electron chi connectivity index (χ0n) is 40.7. The van der Waals surface area contributed by atoms with Gasteiger partial charge in [-0.2, -0.15) is 0 Å². The van der Waals surface area contributed by atoms with Crippen molar-refractivity contribution in [3.8, 4) is 0 Å². The topological polar surface area (TPSA) is 164 Å². The van der Waals surface area contributed by atoms with E-state index in [-0.39, 0.29) is 30.2 Å². The van der Waals surface area contributed by atoms with Crippen LogP contribution in [0.2, 0.25) is 18.1 Å². The van der Waals surface area contributed by atoms with E-state index in [1.54, 1.807) is 12.1 Å². The average molecular weight is 924 g/mol. The first-order valence-corrected chi connectivity index (χ1v) is 26.7. The van der Waals surface area contributed by atoms with Crippen LogP contribution in [0.5, 0.6) is 0 Å². The highest BCUT2D eigenvalue weighted by atomic mass is 28.4. The van der Waals surface area contributed by atoms with Crippen LogP contribution in [0.1, 0.15) is 118 Å².